The Morgan fingerprint density at radius 2 is 2.16 bits per heavy atom. The number of esters is 1. The van der Waals surface area contributed by atoms with Crippen LogP contribution in [0.2, 0.25) is 0 Å². The zero-order chi connectivity index (χ0) is 18.1. The van der Waals surface area contributed by atoms with Crippen LogP contribution in [0.1, 0.15) is 25.5 Å². The van der Waals surface area contributed by atoms with E-state index in [0.717, 1.165) is 19.7 Å². The number of nitrogens with zero attached hydrogens (tertiary/aromatic N) is 2. The summed E-state index contributed by atoms with van der Waals surface area (Å²) in [5.74, 6) is 0.311. The molecule has 0 aromatic heterocycles. The molecule has 0 radical (unpaired) electrons. The molecule has 0 unspecified atom stereocenters. The van der Waals surface area contributed by atoms with Gasteiger partial charge in [0.05, 0.1) is 35.5 Å². The van der Waals surface area contributed by atoms with E-state index in [2.05, 4.69) is 36.9 Å². The molecule has 25 heavy (non-hydrogen) atoms. The third-order valence-electron chi connectivity index (χ3n) is 3.85. The maximum atomic E-state index is 12.7. The third kappa shape index (κ3) is 3.39. The van der Waals surface area contributed by atoms with E-state index in [1.807, 2.05) is 35.6 Å². The predicted molar refractivity (Wildman–Crippen MR) is 106 cm³/mol. The van der Waals surface area contributed by atoms with E-state index in [0.29, 0.717) is 23.6 Å². The Balaban J connectivity index is 2.22. The number of aliphatic imine (C=N–C) groups is 1. The summed E-state index contributed by atoms with van der Waals surface area (Å²) in [6.07, 6.45) is 1.92. The summed E-state index contributed by atoms with van der Waals surface area (Å²) in [6.45, 7) is 3.94. The maximum absolute atomic E-state index is 12.7. The van der Waals surface area contributed by atoms with Crippen molar-refractivity contribution in [2.75, 3.05) is 13.7 Å². The molecule has 0 fully saturated rings. The van der Waals surface area contributed by atoms with Crippen molar-refractivity contribution in [1.29, 1.82) is 0 Å². The minimum Gasteiger partial charge on any atom is -0.495 e. The molecule has 0 spiro atoms. The SMILES string of the molecule is CCOC(=O)C1=C(C)N=C2SC=CN2[C@H]1c1cc(Br)cc(Br)c1OC. The second kappa shape index (κ2) is 7.55. The highest BCUT2D eigenvalue weighted by molar-refractivity contribution is 9.11. The van der Waals surface area contributed by atoms with Crippen molar-refractivity contribution in [2.24, 2.45) is 4.99 Å². The van der Waals surface area contributed by atoms with Gasteiger partial charge in [0, 0.05) is 16.2 Å². The molecule has 132 valence electrons. The number of allylic oxidation sites excluding steroid dienone is 1. The first-order chi connectivity index (χ1) is 12.0. The molecular weight excluding hydrogens is 472 g/mol. The van der Waals surface area contributed by atoms with Crippen molar-refractivity contribution < 1.29 is 14.3 Å². The largest absolute Gasteiger partial charge is 0.495 e. The summed E-state index contributed by atoms with van der Waals surface area (Å²) >= 11 is 8.59. The molecule has 0 saturated heterocycles. The molecule has 2 heterocycles. The minimum atomic E-state index is -0.374. The molecule has 8 heteroatoms. The number of carbonyl (C=O) groups is 1. The first-order valence-electron chi connectivity index (χ1n) is 7.59. The highest BCUT2D eigenvalue weighted by Gasteiger charge is 2.39. The summed E-state index contributed by atoms with van der Waals surface area (Å²) in [5, 5.41) is 2.78. The Kier molecular flexibility index (Phi) is 5.60. The molecule has 0 amide bonds. The van der Waals surface area contributed by atoms with Crippen molar-refractivity contribution in [2.45, 2.75) is 19.9 Å². The van der Waals surface area contributed by atoms with Gasteiger partial charge in [-0.2, -0.15) is 0 Å². The molecule has 5 nitrogen and oxygen atoms in total. The van der Waals surface area contributed by atoms with Crippen LogP contribution in [-0.2, 0) is 9.53 Å². The molecule has 1 aromatic rings. The summed E-state index contributed by atoms with van der Waals surface area (Å²) in [6, 6.07) is 3.50. The van der Waals surface area contributed by atoms with Crippen LogP contribution in [-0.4, -0.2) is 29.8 Å². The van der Waals surface area contributed by atoms with Gasteiger partial charge in [-0.25, -0.2) is 9.79 Å². The van der Waals surface area contributed by atoms with Crippen LogP contribution < -0.4 is 4.74 Å². The minimum absolute atomic E-state index is 0.308. The molecule has 1 aromatic carbocycles. The molecule has 2 aliphatic heterocycles. The van der Waals surface area contributed by atoms with Crippen molar-refractivity contribution in [1.82, 2.24) is 4.90 Å². The quantitative estimate of drug-likeness (QED) is 0.560. The Morgan fingerprint density at radius 1 is 1.40 bits per heavy atom. The fourth-order valence-electron chi connectivity index (χ4n) is 2.87. The van der Waals surface area contributed by atoms with Gasteiger partial charge in [-0.3, -0.25) is 0 Å². The third-order valence-corrected chi connectivity index (χ3v) is 5.67. The van der Waals surface area contributed by atoms with Gasteiger partial charge in [-0.05, 0) is 47.3 Å². The Hall–Kier alpha value is -1.25. The first kappa shape index (κ1) is 18.5. The Labute approximate surface area is 167 Å². The molecule has 0 N–H and O–H groups in total. The normalized spacial score (nSPS) is 19.0. The highest BCUT2D eigenvalue weighted by Crippen LogP contribution is 2.46. The maximum Gasteiger partial charge on any atom is 0.338 e. The molecule has 3 rings (SSSR count). The number of benzene rings is 1. The Bertz CT molecular complexity index is 820. The summed E-state index contributed by atoms with van der Waals surface area (Å²) in [5.41, 5.74) is 2.02. The highest BCUT2D eigenvalue weighted by atomic mass is 79.9. The van der Waals surface area contributed by atoms with Crippen LogP contribution in [0.15, 0.2) is 48.9 Å². The average Bonchev–Trinajstić information content (AvgIpc) is 3.00. The van der Waals surface area contributed by atoms with Crippen molar-refractivity contribution in [3.8, 4) is 5.75 Å². The van der Waals surface area contributed by atoms with E-state index in [1.54, 1.807) is 14.0 Å². The molecule has 1 atom stereocenters. The first-order valence-corrected chi connectivity index (χ1v) is 10.1. The number of ether oxygens (including phenoxy) is 2. The zero-order valence-electron chi connectivity index (χ0n) is 13.9. The van der Waals surface area contributed by atoms with E-state index in [4.69, 9.17) is 9.47 Å². The van der Waals surface area contributed by atoms with Gasteiger partial charge in [0.15, 0.2) is 5.17 Å². The van der Waals surface area contributed by atoms with Crippen molar-refractivity contribution >= 4 is 54.8 Å². The van der Waals surface area contributed by atoms with E-state index in [9.17, 15) is 4.79 Å². The molecular formula is C17H16Br2N2O3S. The van der Waals surface area contributed by atoms with E-state index in [1.165, 1.54) is 11.8 Å². The van der Waals surface area contributed by atoms with Gasteiger partial charge < -0.3 is 14.4 Å². The lowest BCUT2D eigenvalue weighted by atomic mass is 9.94. The average molecular weight is 488 g/mol. The van der Waals surface area contributed by atoms with Gasteiger partial charge in [0.25, 0.3) is 0 Å². The zero-order valence-corrected chi connectivity index (χ0v) is 17.9. The number of amidine groups is 1. The molecule has 0 saturated carbocycles. The van der Waals surface area contributed by atoms with Crippen LogP contribution >= 0.6 is 43.6 Å². The van der Waals surface area contributed by atoms with Crippen LogP contribution in [0.5, 0.6) is 5.75 Å². The van der Waals surface area contributed by atoms with Crippen LogP contribution in [0.25, 0.3) is 0 Å². The lowest BCUT2D eigenvalue weighted by Crippen LogP contribution is -2.34. The van der Waals surface area contributed by atoms with Crippen LogP contribution in [0.4, 0.5) is 0 Å². The standard InChI is InChI=1S/C17H16Br2N2O3S/c1-4-24-16(22)13-9(2)20-17-21(5-6-25-17)14(13)11-7-10(18)8-12(19)15(11)23-3/h5-8,14H,4H2,1-3H3/t14-/m0/s1. The van der Waals surface area contributed by atoms with Gasteiger partial charge in [0.2, 0.25) is 0 Å². The van der Waals surface area contributed by atoms with Gasteiger partial charge >= 0.3 is 5.97 Å². The lowest BCUT2D eigenvalue weighted by Gasteiger charge is -2.34. The number of hydrogen-bond acceptors (Lipinski definition) is 6. The number of methoxy groups -OCH3 is 1. The summed E-state index contributed by atoms with van der Waals surface area (Å²) in [7, 11) is 1.62. The second-order valence-electron chi connectivity index (χ2n) is 5.34. The molecule has 2 aliphatic rings. The van der Waals surface area contributed by atoms with Crippen LogP contribution in [0.3, 0.4) is 0 Å². The predicted octanol–water partition coefficient (Wildman–Crippen LogP) is 4.99. The smallest absolute Gasteiger partial charge is 0.338 e. The number of carbonyl (C=O) groups excluding carboxylic acids is 1. The number of halogens is 2. The number of thioether (sulfide) groups is 1. The van der Waals surface area contributed by atoms with E-state index in [-0.39, 0.29) is 12.0 Å². The van der Waals surface area contributed by atoms with Gasteiger partial charge in [0.1, 0.15) is 5.75 Å². The summed E-state index contributed by atoms with van der Waals surface area (Å²) in [4.78, 5) is 19.2. The number of hydrogen-bond donors (Lipinski definition) is 0. The fourth-order valence-corrected chi connectivity index (χ4v) is 5.09. The van der Waals surface area contributed by atoms with Crippen LogP contribution in [0, 0.1) is 0 Å². The van der Waals surface area contributed by atoms with E-state index >= 15 is 0 Å². The number of rotatable bonds is 4. The molecule has 0 aliphatic carbocycles. The lowest BCUT2D eigenvalue weighted by molar-refractivity contribution is -0.139. The fraction of sp³-hybridized carbons (Fsp3) is 0.294. The number of fused-ring (bicyclic) bond motifs is 1. The van der Waals surface area contributed by atoms with E-state index < -0.39 is 0 Å². The Morgan fingerprint density at radius 3 is 2.84 bits per heavy atom. The summed E-state index contributed by atoms with van der Waals surface area (Å²) < 4.78 is 12.6. The van der Waals surface area contributed by atoms with Gasteiger partial charge in [-0.15, -0.1) is 0 Å². The monoisotopic (exact) mass is 486 g/mol. The topological polar surface area (TPSA) is 51.1 Å². The second-order valence-corrected chi connectivity index (χ2v) is 7.98. The van der Waals surface area contributed by atoms with Gasteiger partial charge in [-0.1, -0.05) is 27.7 Å². The van der Waals surface area contributed by atoms with Crippen molar-refractivity contribution in [3.05, 3.63) is 49.5 Å². The molecule has 0 bridgehead atoms. The van der Waals surface area contributed by atoms with Crippen molar-refractivity contribution in [3.63, 3.8) is 0 Å².